The molecule has 5 nitrogen and oxygen atoms in total. The number of ether oxygens (including phenoxy) is 1. The Kier molecular flexibility index (Phi) is 4.35. The van der Waals surface area contributed by atoms with Crippen molar-refractivity contribution in [2.24, 2.45) is 0 Å². The molecule has 6 heteroatoms. The summed E-state index contributed by atoms with van der Waals surface area (Å²) in [6, 6.07) is 6.15. The SMILES string of the molecule is CCC(=O)N1CCOC[C@]2(CC(=O)N2Cc2ccc(F)cc2)C1. The number of halogens is 1. The van der Waals surface area contributed by atoms with Crippen molar-refractivity contribution in [2.75, 3.05) is 26.3 Å². The molecule has 1 atom stereocenters. The molecule has 2 aliphatic rings. The third kappa shape index (κ3) is 3.08. The monoisotopic (exact) mass is 320 g/mol. The minimum absolute atomic E-state index is 0.0451. The number of likely N-dealkylation sites (tertiary alicyclic amines) is 1. The van der Waals surface area contributed by atoms with Crippen LogP contribution in [0.25, 0.3) is 0 Å². The number of carbonyl (C=O) groups is 2. The van der Waals surface area contributed by atoms with Gasteiger partial charge in [-0.05, 0) is 17.7 Å². The first-order valence-electron chi connectivity index (χ1n) is 7.94. The van der Waals surface area contributed by atoms with Crippen LogP contribution in [0.3, 0.4) is 0 Å². The molecule has 2 saturated heterocycles. The van der Waals surface area contributed by atoms with Gasteiger partial charge in [0.25, 0.3) is 0 Å². The van der Waals surface area contributed by atoms with Crippen LogP contribution < -0.4 is 0 Å². The zero-order valence-electron chi connectivity index (χ0n) is 13.3. The highest BCUT2D eigenvalue weighted by molar-refractivity contribution is 5.86. The van der Waals surface area contributed by atoms with Gasteiger partial charge in [0, 0.05) is 26.1 Å². The number of nitrogens with zero attached hydrogens (tertiary/aromatic N) is 2. The number of benzene rings is 1. The quantitative estimate of drug-likeness (QED) is 0.794. The van der Waals surface area contributed by atoms with Crippen molar-refractivity contribution in [1.29, 1.82) is 0 Å². The van der Waals surface area contributed by atoms with E-state index in [1.165, 1.54) is 12.1 Å². The lowest BCUT2D eigenvalue weighted by atomic mass is 9.83. The summed E-state index contributed by atoms with van der Waals surface area (Å²) in [6.07, 6.45) is 0.837. The predicted molar refractivity (Wildman–Crippen MR) is 82.0 cm³/mol. The van der Waals surface area contributed by atoms with E-state index in [1.54, 1.807) is 21.9 Å². The Labute approximate surface area is 135 Å². The van der Waals surface area contributed by atoms with Gasteiger partial charge >= 0.3 is 0 Å². The standard InChI is InChI=1S/C17H21FN2O3/c1-2-15(21)19-7-8-23-12-17(11-19)9-16(22)20(17)10-13-3-5-14(18)6-4-13/h3-6H,2,7-12H2,1H3/t17-/m0/s1. The van der Waals surface area contributed by atoms with Gasteiger partial charge in [0.15, 0.2) is 0 Å². The number of hydrogen-bond acceptors (Lipinski definition) is 3. The molecule has 0 bridgehead atoms. The highest BCUT2D eigenvalue weighted by Gasteiger charge is 2.53. The Balaban J connectivity index is 1.77. The molecule has 1 aromatic rings. The fraction of sp³-hybridized carbons (Fsp3) is 0.529. The van der Waals surface area contributed by atoms with E-state index < -0.39 is 5.54 Å². The third-order valence-electron chi connectivity index (χ3n) is 4.62. The first-order chi connectivity index (χ1) is 11.0. The van der Waals surface area contributed by atoms with Crippen LogP contribution in [-0.2, 0) is 20.9 Å². The van der Waals surface area contributed by atoms with E-state index in [0.29, 0.717) is 45.7 Å². The van der Waals surface area contributed by atoms with Gasteiger partial charge in [0.2, 0.25) is 11.8 Å². The van der Waals surface area contributed by atoms with Crippen LogP contribution in [0.5, 0.6) is 0 Å². The molecule has 0 N–H and O–H groups in total. The topological polar surface area (TPSA) is 49.9 Å². The zero-order valence-corrected chi connectivity index (χ0v) is 13.3. The minimum atomic E-state index is -0.452. The average Bonchev–Trinajstić information content (AvgIpc) is 2.78. The number of carbonyl (C=O) groups excluding carboxylic acids is 2. The molecular weight excluding hydrogens is 299 g/mol. The van der Waals surface area contributed by atoms with Gasteiger partial charge < -0.3 is 14.5 Å². The Morgan fingerprint density at radius 3 is 2.74 bits per heavy atom. The molecule has 2 heterocycles. The van der Waals surface area contributed by atoms with E-state index in [0.717, 1.165) is 5.56 Å². The van der Waals surface area contributed by atoms with Crippen molar-refractivity contribution >= 4 is 11.8 Å². The summed E-state index contributed by atoms with van der Waals surface area (Å²) >= 11 is 0. The van der Waals surface area contributed by atoms with Gasteiger partial charge in [0.1, 0.15) is 5.82 Å². The van der Waals surface area contributed by atoms with E-state index in [4.69, 9.17) is 4.74 Å². The van der Waals surface area contributed by atoms with Crippen LogP contribution in [0.15, 0.2) is 24.3 Å². The molecule has 2 amide bonds. The highest BCUT2D eigenvalue weighted by atomic mass is 19.1. The van der Waals surface area contributed by atoms with Crippen molar-refractivity contribution in [2.45, 2.75) is 31.8 Å². The third-order valence-corrected chi connectivity index (χ3v) is 4.62. The van der Waals surface area contributed by atoms with Crippen LogP contribution in [-0.4, -0.2) is 53.5 Å². The number of hydrogen-bond donors (Lipinski definition) is 0. The fourth-order valence-corrected chi connectivity index (χ4v) is 3.30. The molecule has 2 fully saturated rings. The van der Waals surface area contributed by atoms with Gasteiger partial charge in [-0.25, -0.2) is 4.39 Å². The minimum Gasteiger partial charge on any atom is -0.377 e. The van der Waals surface area contributed by atoms with E-state index in [-0.39, 0.29) is 17.6 Å². The van der Waals surface area contributed by atoms with Crippen molar-refractivity contribution in [3.8, 4) is 0 Å². The predicted octanol–water partition coefficient (Wildman–Crippen LogP) is 1.57. The highest BCUT2D eigenvalue weighted by Crippen LogP contribution is 2.36. The Morgan fingerprint density at radius 1 is 1.35 bits per heavy atom. The van der Waals surface area contributed by atoms with Crippen molar-refractivity contribution in [1.82, 2.24) is 9.80 Å². The number of β-lactam (4-membered cyclic amide) rings is 1. The maximum atomic E-state index is 13.0. The van der Waals surface area contributed by atoms with Crippen molar-refractivity contribution < 1.29 is 18.7 Å². The second kappa shape index (κ2) is 6.28. The Hall–Kier alpha value is -1.95. The Bertz CT molecular complexity index is 604. The lowest BCUT2D eigenvalue weighted by molar-refractivity contribution is -0.166. The normalized spacial score (nSPS) is 24.5. The lowest BCUT2D eigenvalue weighted by Gasteiger charge is -2.52. The maximum absolute atomic E-state index is 13.0. The summed E-state index contributed by atoms with van der Waals surface area (Å²) in [4.78, 5) is 27.7. The molecular formula is C17H21FN2O3. The second-order valence-electron chi connectivity index (χ2n) is 6.23. The van der Waals surface area contributed by atoms with Gasteiger partial charge in [0.05, 0.1) is 25.2 Å². The van der Waals surface area contributed by atoms with Gasteiger partial charge in [-0.1, -0.05) is 19.1 Å². The maximum Gasteiger partial charge on any atom is 0.226 e. The van der Waals surface area contributed by atoms with Crippen LogP contribution in [0.1, 0.15) is 25.3 Å². The summed E-state index contributed by atoms with van der Waals surface area (Å²) in [6.45, 7) is 4.25. The smallest absolute Gasteiger partial charge is 0.226 e. The van der Waals surface area contributed by atoms with Crippen LogP contribution in [0.2, 0.25) is 0 Å². The lowest BCUT2D eigenvalue weighted by Crippen LogP contribution is -2.69. The van der Waals surface area contributed by atoms with E-state index in [2.05, 4.69) is 0 Å². The summed E-state index contributed by atoms with van der Waals surface area (Å²) < 4.78 is 18.7. The van der Waals surface area contributed by atoms with Crippen molar-refractivity contribution in [3.63, 3.8) is 0 Å². The molecule has 0 aliphatic carbocycles. The molecule has 0 radical (unpaired) electrons. The summed E-state index contributed by atoms with van der Waals surface area (Å²) in [5.74, 6) is -0.171. The van der Waals surface area contributed by atoms with Crippen LogP contribution >= 0.6 is 0 Å². The zero-order chi connectivity index (χ0) is 16.4. The van der Waals surface area contributed by atoms with Gasteiger partial charge in [-0.15, -0.1) is 0 Å². The first kappa shape index (κ1) is 15.9. The first-order valence-corrected chi connectivity index (χ1v) is 7.94. The summed E-state index contributed by atoms with van der Waals surface area (Å²) in [5, 5.41) is 0. The second-order valence-corrected chi connectivity index (χ2v) is 6.23. The molecule has 0 unspecified atom stereocenters. The van der Waals surface area contributed by atoms with E-state index in [1.807, 2.05) is 6.92 Å². The number of amides is 2. The molecule has 23 heavy (non-hydrogen) atoms. The molecule has 1 aromatic carbocycles. The van der Waals surface area contributed by atoms with Gasteiger partial charge in [-0.2, -0.15) is 0 Å². The molecule has 0 aromatic heterocycles. The van der Waals surface area contributed by atoms with Gasteiger partial charge in [-0.3, -0.25) is 9.59 Å². The largest absolute Gasteiger partial charge is 0.377 e. The number of rotatable bonds is 3. The molecule has 1 spiro atoms. The Morgan fingerprint density at radius 2 is 2.09 bits per heavy atom. The average molecular weight is 320 g/mol. The van der Waals surface area contributed by atoms with Crippen LogP contribution in [0, 0.1) is 5.82 Å². The summed E-state index contributed by atoms with van der Waals surface area (Å²) in [5.41, 5.74) is 0.420. The molecule has 2 aliphatic heterocycles. The van der Waals surface area contributed by atoms with E-state index >= 15 is 0 Å². The molecule has 0 saturated carbocycles. The molecule has 3 rings (SSSR count). The van der Waals surface area contributed by atoms with Crippen molar-refractivity contribution in [3.05, 3.63) is 35.6 Å². The van der Waals surface area contributed by atoms with E-state index in [9.17, 15) is 14.0 Å². The molecule has 124 valence electrons. The van der Waals surface area contributed by atoms with Crippen LogP contribution in [0.4, 0.5) is 4.39 Å². The fourth-order valence-electron chi connectivity index (χ4n) is 3.30. The summed E-state index contributed by atoms with van der Waals surface area (Å²) in [7, 11) is 0.